The lowest BCUT2D eigenvalue weighted by molar-refractivity contribution is -0.137. The number of nitrogens with one attached hydrogen (secondary N) is 3. The van der Waals surface area contributed by atoms with E-state index in [2.05, 4.69) is 15.6 Å². The van der Waals surface area contributed by atoms with E-state index in [0.29, 0.717) is 42.9 Å². The Morgan fingerprint density at radius 2 is 1.79 bits per heavy atom. The van der Waals surface area contributed by atoms with Crippen molar-refractivity contribution in [2.45, 2.75) is 25.3 Å². The van der Waals surface area contributed by atoms with E-state index < -0.39 is 6.04 Å². The van der Waals surface area contributed by atoms with Crippen molar-refractivity contribution < 1.29 is 14.4 Å². The van der Waals surface area contributed by atoms with Crippen LogP contribution in [0.15, 0.2) is 54.7 Å². The average Bonchev–Trinajstić information content (AvgIpc) is 3.25. The van der Waals surface area contributed by atoms with E-state index in [1.165, 1.54) is 0 Å². The maximum absolute atomic E-state index is 13.5. The second kappa shape index (κ2) is 10.1. The molecular weight excluding hydrogens is 440 g/mol. The van der Waals surface area contributed by atoms with E-state index in [1.54, 1.807) is 36.2 Å². The first-order valence-electron chi connectivity index (χ1n) is 11.1. The quantitative estimate of drug-likeness (QED) is 0.521. The Labute approximate surface area is 197 Å². The number of para-hydroxylation sites is 1. The van der Waals surface area contributed by atoms with Crippen LogP contribution in [0.5, 0.6) is 0 Å². The van der Waals surface area contributed by atoms with Crippen molar-refractivity contribution in [1.82, 2.24) is 20.5 Å². The molecule has 33 heavy (non-hydrogen) atoms. The van der Waals surface area contributed by atoms with Gasteiger partial charge in [0.05, 0.1) is 10.6 Å². The number of benzene rings is 2. The minimum absolute atomic E-state index is 0.00413. The van der Waals surface area contributed by atoms with Crippen molar-refractivity contribution >= 4 is 40.2 Å². The van der Waals surface area contributed by atoms with E-state index in [0.717, 1.165) is 16.5 Å². The number of fused-ring (bicyclic) bond motifs is 1. The van der Waals surface area contributed by atoms with Gasteiger partial charge in [0, 0.05) is 49.6 Å². The van der Waals surface area contributed by atoms with Crippen molar-refractivity contribution in [3.8, 4) is 0 Å². The summed E-state index contributed by atoms with van der Waals surface area (Å²) in [6.07, 6.45) is 3.42. The van der Waals surface area contributed by atoms with E-state index >= 15 is 0 Å². The summed E-state index contributed by atoms with van der Waals surface area (Å²) in [5.74, 6) is -0.636. The number of halogens is 1. The van der Waals surface area contributed by atoms with Crippen molar-refractivity contribution in [2.24, 2.45) is 5.92 Å². The molecule has 0 saturated carbocycles. The van der Waals surface area contributed by atoms with Crippen LogP contribution in [-0.2, 0) is 16.0 Å². The normalized spacial score (nSPS) is 15.3. The van der Waals surface area contributed by atoms with Gasteiger partial charge in [-0.2, -0.15) is 0 Å². The third-order valence-electron chi connectivity index (χ3n) is 6.24. The van der Waals surface area contributed by atoms with Crippen molar-refractivity contribution in [1.29, 1.82) is 0 Å². The summed E-state index contributed by atoms with van der Waals surface area (Å²) >= 11 is 6.21. The summed E-state index contributed by atoms with van der Waals surface area (Å²) < 4.78 is 0. The highest BCUT2D eigenvalue weighted by Gasteiger charge is 2.32. The number of rotatable bonds is 6. The van der Waals surface area contributed by atoms with Crippen LogP contribution in [0.3, 0.4) is 0 Å². The van der Waals surface area contributed by atoms with Gasteiger partial charge in [-0.15, -0.1) is 0 Å². The number of carbonyl (C=O) groups excluding carboxylic acids is 3. The molecule has 1 unspecified atom stereocenters. The number of aromatic amines is 1. The zero-order valence-electron chi connectivity index (χ0n) is 18.4. The van der Waals surface area contributed by atoms with Crippen LogP contribution in [0.4, 0.5) is 0 Å². The van der Waals surface area contributed by atoms with Crippen LogP contribution in [0.2, 0.25) is 5.02 Å². The van der Waals surface area contributed by atoms with Gasteiger partial charge in [0.15, 0.2) is 0 Å². The lowest BCUT2D eigenvalue weighted by Crippen LogP contribution is -2.52. The molecule has 0 radical (unpaired) electrons. The summed E-state index contributed by atoms with van der Waals surface area (Å²) in [7, 11) is 1.63. The van der Waals surface area contributed by atoms with Gasteiger partial charge in [-0.3, -0.25) is 14.4 Å². The van der Waals surface area contributed by atoms with Gasteiger partial charge in [0.25, 0.3) is 5.91 Å². The van der Waals surface area contributed by atoms with Crippen LogP contribution in [0.25, 0.3) is 10.9 Å². The van der Waals surface area contributed by atoms with Crippen molar-refractivity contribution in [3.05, 3.63) is 70.9 Å². The first-order chi connectivity index (χ1) is 16.0. The molecule has 4 rings (SSSR count). The van der Waals surface area contributed by atoms with Crippen LogP contribution in [0, 0.1) is 5.92 Å². The summed E-state index contributed by atoms with van der Waals surface area (Å²) in [6, 6.07) is 13.9. The van der Waals surface area contributed by atoms with Gasteiger partial charge in [0.2, 0.25) is 11.8 Å². The third kappa shape index (κ3) is 5.03. The number of nitrogens with zero attached hydrogens (tertiary/aromatic N) is 1. The van der Waals surface area contributed by atoms with E-state index in [4.69, 9.17) is 11.6 Å². The lowest BCUT2D eigenvalue weighted by Gasteiger charge is -2.33. The number of aromatic nitrogens is 1. The summed E-state index contributed by atoms with van der Waals surface area (Å²) in [6.45, 7) is 0.951. The molecule has 2 heterocycles. The monoisotopic (exact) mass is 466 g/mol. The van der Waals surface area contributed by atoms with Gasteiger partial charge in [-0.1, -0.05) is 41.9 Å². The SMILES string of the molecule is CNC(=O)C1CCN(C(=O)C(Cc2c[nH]c3ccccc23)NC(=O)c2ccccc2Cl)CC1. The molecule has 3 N–H and O–H groups in total. The molecule has 3 aromatic rings. The zero-order valence-corrected chi connectivity index (χ0v) is 19.2. The van der Waals surface area contributed by atoms with E-state index in [-0.39, 0.29) is 23.6 Å². The fourth-order valence-electron chi connectivity index (χ4n) is 4.39. The molecule has 1 aromatic heterocycles. The minimum Gasteiger partial charge on any atom is -0.361 e. The molecule has 2 aromatic carbocycles. The molecule has 0 aliphatic carbocycles. The van der Waals surface area contributed by atoms with Crippen LogP contribution >= 0.6 is 11.6 Å². The Bertz CT molecular complexity index is 1170. The molecule has 1 fully saturated rings. The summed E-state index contributed by atoms with van der Waals surface area (Å²) in [5.41, 5.74) is 2.25. The molecule has 8 heteroatoms. The standard InChI is InChI=1S/C25H27ClN4O3/c1-27-23(31)16-10-12-30(13-11-16)25(33)22(29-24(32)19-7-2-4-8-20(19)26)14-17-15-28-21-9-5-3-6-18(17)21/h2-9,15-16,22,28H,10-14H2,1H3,(H,27,31)(H,29,32). The molecule has 172 valence electrons. The maximum atomic E-state index is 13.5. The van der Waals surface area contributed by atoms with Gasteiger partial charge in [-0.05, 0) is 36.6 Å². The number of hydrogen-bond acceptors (Lipinski definition) is 3. The van der Waals surface area contributed by atoms with Crippen LogP contribution in [0.1, 0.15) is 28.8 Å². The molecule has 7 nitrogen and oxygen atoms in total. The van der Waals surface area contributed by atoms with Crippen LogP contribution < -0.4 is 10.6 Å². The third-order valence-corrected chi connectivity index (χ3v) is 6.57. The smallest absolute Gasteiger partial charge is 0.253 e. The first-order valence-corrected chi connectivity index (χ1v) is 11.5. The first kappa shape index (κ1) is 22.9. The Balaban J connectivity index is 1.55. The molecule has 1 aliphatic rings. The molecule has 0 bridgehead atoms. The van der Waals surface area contributed by atoms with Crippen molar-refractivity contribution in [2.75, 3.05) is 20.1 Å². The summed E-state index contributed by atoms with van der Waals surface area (Å²) in [4.78, 5) is 43.5. The number of hydrogen-bond donors (Lipinski definition) is 3. The predicted molar refractivity (Wildman–Crippen MR) is 128 cm³/mol. The van der Waals surface area contributed by atoms with Gasteiger partial charge in [0.1, 0.15) is 6.04 Å². The number of likely N-dealkylation sites (tertiary alicyclic amines) is 1. The number of carbonyl (C=O) groups is 3. The second-order valence-electron chi connectivity index (χ2n) is 8.28. The molecule has 3 amide bonds. The highest BCUT2D eigenvalue weighted by Crippen LogP contribution is 2.23. The fourth-order valence-corrected chi connectivity index (χ4v) is 4.61. The predicted octanol–water partition coefficient (Wildman–Crippen LogP) is 3.15. The second-order valence-corrected chi connectivity index (χ2v) is 8.69. The molecule has 1 saturated heterocycles. The Morgan fingerprint density at radius 3 is 2.52 bits per heavy atom. The van der Waals surface area contributed by atoms with E-state index in [9.17, 15) is 14.4 Å². The van der Waals surface area contributed by atoms with Gasteiger partial charge in [-0.25, -0.2) is 0 Å². The molecule has 0 spiro atoms. The number of piperidine rings is 1. The molecular formula is C25H27ClN4O3. The lowest BCUT2D eigenvalue weighted by atomic mass is 9.95. The number of amides is 3. The highest BCUT2D eigenvalue weighted by atomic mass is 35.5. The number of H-pyrrole nitrogens is 1. The van der Waals surface area contributed by atoms with Gasteiger partial charge >= 0.3 is 0 Å². The Morgan fingerprint density at radius 1 is 1.09 bits per heavy atom. The van der Waals surface area contributed by atoms with E-state index in [1.807, 2.05) is 30.5 Å². The largest absolute Gasteiger partial charge is 0.361 e. The van der Waals surface area contributed by atoms with Crippen molar-refractivity contribution in [3.63, 3.8) is 0 Å². The van der Waals surface area contributed by atoms with Gasteiger partial charge < -0.3 is 20.5 Å². The highest BCUT2D eigenvalue weighted by molar-refractivity contribution is 6.33. The van der Waals surface area contributed by atoms with Crippen LogP contribution in [-0.4, -0.2) is 53.8 Å². The summed E-state index contributed by atoms with van der Waals surface area (Å²) in [5, 5.41) is 6.94. The fraction of sp³-hybridized carbons (Fsp3) is 0.320. The minimum atomic E-state index is -0.760. The average molecular weight is 467 g/mol. The topological polar surface area (TPSA) is 94.3 Å². The zero-order chi connectivity index (χ0) is 23.4. The molecule has 1 aliphatic heterocycles. The Hall–Kier alpha value is -3.32. The maximum Gasteiger partial charge on any atom is 0.253 e. The Kier molecular flexibility index (Phi) is 6.99. The molecule has 1 atom stereocenters.